The van der Waals surface area contributed by atoms with Crippen molar-refractivity contribution in [3.63, 3.8) is 0 Å². The lowest BCUT2D eigenvalue weighted by Crippen LogP contribution is -2.14. The van der Waals surface area contributed by atoms with E-state index in [0.717, 1.165) is 79.6 Å². The Morgan fingerprint density at radius 1 is 0.600 bits per heavy atom. The first-order valence-electron chi connectivity index (χ1n) is 14.9. The minimum Gasteiger partial charge on any atom is -0.456 e. The summed E-state index contributed by atoms with van der Waals surface area (Å²) in [6.07, 6.45) is 11.6. The number of dihydropyridines is 1. The summed E-state index contributed by atoms with van der Waals surface area (Å²) in [6.45, 7) is 5.10. The fourth-order valence-corrected chi connectivity index (χ4v) is 5.99. The zero-order chi connectivity index (χ0) is 30.2. The number of nitrogens with one attached hydrogen (secondary N) is 1. The van der Waals surface area contributed by atoms with Gasteiger partial charge in [0.1, 0.15) is 23.0 Å². The first-order valence-corrected chi connectivity index (χ1v) is 14.9. The molecule has 0 unspecified atom stereocenters. The number of hydrogen-bond donors (Lipinski definition) is 1. The summed E-state index contributed by atoms with van der Waals surface area (Å²) in [5, 5.41) is 7.53. The summed E-state index contributed by atoms with van der Waals surface area (Å²) in [7, 11) is 0. The molecule has 0 bridgehead atoms. The molecule has 1 N–H and O–H groups in total. The molecule has 3 aliphatic rings. The lowest BCUT2D eigenvalue weighted by Gasteiger charge is -2.23. The number of hydrogen-bond acceptors (Lipinski definition) is 5. The van der Waals surface area contributed by atoms with Crippen LogP contribution in [-0.4, -0.2) is 12.8 Å². The highest BCUT2D eigenvalue weighted by Gasteiger charge is 2.23. The Balaban J connectivity index is 1.35. The van der Waals surface area contributed by atoms with Crippen molar-refractivity contribution in [2.75, 3.05) is 6.54 Å². The van der Waals surface area contributed by atoms with E-state index in [1.165, 1.54) is 0 Å². The topological polar surface area (TPSA) is 52.1 Å². The minimum absolute atomic E-state index is 0.646. The second kappa shape index (κ2) is 11.2. The van der Waals surface area contributed by atoms with Gasteiger partial charge in [-0.3, -0.25) is 0 Å². The van der Waals surface area contributed by atoms with E-state index in [1.54, 1.807) is 6.21 Å². The highest BCUT2D eigenvalue weighted by Crippen LogP contribution is 2.48. The SMILES string of the molecule is C=C1/C=C\C=N/Oc2cccc(-c3ccc4c(c3)Oc3ccccc3-c3ccccc3Oc3cc(C5=CC=CCN5)ccc3-4)c21. The molecule has 3 heterocycles. The van der Waals surface area contributed by atoms with E-state index < -0.39 is 0 Å². The molecule has 45 heavy (non-hydrogen) atoms. The van der Waals surface area contributed by atoms with Crippen molar-refractivity contribution in [2.45, 2.75) is 0 Å². The Morgan fingerprint density at radius 2 is 1.22 bits per heavy atom. The van der Waals surface area contributed by atoms with Crippen LogP contribution in [0.2, 0.25) is 0 Å². The Morgan fingerprint density at radius 3 is 1.93 bits per heavy atom. The Kier molecular flexibility index (Phi) is 6.61. The van der Waals surface area contributed by atoms with E-state index in [-0.39, 0.29) is 0 Å². The summed E-state index contributed by atoms with van der Waals surface area (Å²) in [5.74, 6) is 3.59. The summed E-state index contributed by atoms with van der Waals surface area (Å²) < 4.78 is 13.7. The molecule has 5 aromatic carbocycles. The lowest BCUT2D eigenvalue weighted by atomic mass is 9.91. The molecular weight excluding hydrogens is 556 g/mol. The number of para-hydroxylation sites is 2. The Bertz CT molecular complexity index is 2120. The maximum absolute atomic E-state index is 6.88. The average molecular weight is 585 g/mol. The molecule has 0 fully saturated rings. The molecule has 0 atom stereocenters. The van der Waals surface area contributed by atoms with Gasteiger partial charge in [-0.25, -0.2) is 0 Å². The normalized spacial score (nSPS) is 15.7. The third kappa shape index (κ3) is 4.90. The number of nitrogens with zero attached hydrogens (tertiary/aromatic N) is 1. The second-order valence-corrected chi connectivity index (χ2v) is 10.9. The van der Waals surface area contributed by atoms with Gasteiger partial charge in [0.2, 0.25) is 0 Å². The van der Waals surface area contributed by atoms with Crippen LogP contribution in [0.5, 0.6) is 28.7 Å². The Labute approximate surface area is 261 Å². The second-order valence-electron chi connectivity index (χ2n) is 10.9. The number of ether oxygens (including phenoxy) is 2. The number of benzene rings is 5. The molecular formula is C40H28N2O3. The number of oxime groups is 1. The molecule has 0 aromatic heterocycles. The molecule has 3 aliphatic heterocycles. The molecule has 0 spiro atoms. The van der Waals surface area contributed by atoms with Crippen LogP contribution in [0.1, 0.15) is 11.1 Å². The van der Waals surface area contributed by atoms with Gasteiger partial charge < -0.3 is 19.6 Å². The molecule has 5 nitrogen and oxygen atoms in total. The van der Waals surface area contributed by atoms with E-state index in [0.29, 0.717) is 11.5 Å². The quantitative estimate of drug-likeness (QED) is 0.220. The summed E-state index contributed by atoms with van der Waals surface area (Å²) in [4.78, 5) is 5.72. The molecule has 5 heteroatoms. The fourth-order valence-electron chi connectivity index (χ4n) is 5.99. The van der Waals surface area contributed by atoms with Crippen LogP contribution in [0.3, 0.4) is 0 Å². The third-order valence-corrected chi connectivity index (χ3v) is 8.13. The maximum Gasteiger partial charge on any atom is 0.166 e. The summed E-state index contributed by atoms with van der Waals surface area (Å²) in [6, 6.07) is 34.7. The van der Waals surface area contributed by atoms with Crippen LogP contribution in [-0.2, 0) is 0 Å². The van der Waals surface area contributed by atoms with Gasteiger partial charge in [-0.2, -0.15) is 0 Å². The van der Waals surface area contributed by atoms with E-state index in [9.17, 15) is 0 Å². The molecule has 5 aromatic rings. The molecule has 0 radical (unpaired) electrons. The number of rotatable bonds is 2. The average Bonchev–Trinajstić information content (AvgIpc) is 3.08. The van der Waals surface area contributed by atoms with E-state index in [1.807, 2.05) is 60.7 Å². The Hall–Kier alpha value is -6.07. The molecule has 8 rings (SSSR count). The number of allylic oxidation sites excluding steroid dienone is 5. The van der Waals surface area contributed by atoms with Gasteiger partial charge in [-0.15, -0.1) is 0 Å². The summed E-state index contributed by atoms with van der Waals surface area (Å²) in [5.41, 5.74) is 9.48. The van der Waals surface area contributed by atoms with E-state index in [4.69, 9.17) is 14.3 Å². The first-order chi connectivity index (χ1) is 22.2. The molecule has 216 valence electrons. The third-order valence-electron chi connectivity index (χ3n) is 8.13. The molecule has 0 amide bonds. The van der Waals surface area contributed by atoms with Crippen molar-refractivity contribution in [3.8, 4) is 62.1 Å². The van der Waals surface area contributed by atoms with Gasteiger partial charge in [-0.05, 0) is 71.3 Å². The molecule has 0 saturated carbocycles. The van der Waals surface area contributed by atoms with Crippen molar-refractivity contribution >= 4 is 17.5 Å². The summed E-state index contributed by atoms with van der Waals surface area (Å²) >= 11 is 0. The van der Waals surface area contributed by atoms with Crippen LogP contribution < -0.4 is 19.6 Å². The van der Waals surface area contributed by atoms with Crippen LogP contribution >= 0.6 is 0 Å². The van der Waals surface area contributed by atoms with Gasteiger partial charge >= 0.3 is 0 Å². The van der Waals surface area contributed by atoms with Crippen LogP contribution in [0.15, 0.2) is 145 Å². The highest BCUT2D eigenvalue weighted by molar-refractivity contribution is 5.92. The van der Waals surface area contributed by atoms with Crippen molar-refractivity contribution in [1.82, 2.24) is 5.32 Å². The predicted molar refractivity (Wildman–Crippen MR) is 182 cm³/mol. The number of fused-ring (bicyclic) bond motifs is 7. The lowest BCUT2D eigenvalue weighted by molar-refractivity contribution is 0.343. The van der Waals surface area contributed by atoms with Crippen LogP contribution in [0.25, 0.3) is 44.7 Å². The smallest absolute Gasteiger partial charge is 0.166 e. The van der Waals surface area contributed by atoms with Crippen molar-refractivity contribution in [1.29, 1.82) is 0 Å². The molecule has 0 saturated heterocycles. The largest absolute Gasteiger partial charge is 0.456 e. The fraction of sp³-hybridized carbons (Fsp3) is 0.0250. The minimum atomic E-state index is 0.646. The van der Waals surface area contributed by atoms with E-state index in [2.05, 4.69) is 89.9 Å². The molecule has 0 aliphatic carbocycles. The zero-order valence-electron chi connectivity index (χ0n) is 24.4. The van der Waals surface area contributed by atoms with Gasteiger partial charge in [0, 0.05) is 45.6 Å². The van der Waals surface area contributed by atoms with Gasteiger partial charge in [0.15, 0.2) is 5.75 Å². The van der Waals surface area contributed by atoms with E-state index >= 15 is 0 Å². The van der Waals surface area contributed by atoms with Crippen LogP contribution in [0.4, 0.5) is 0 Å². The van der Waals surface area contributed by atoms with Gasteiger partial charge in [0.05, 0.1) is 6.21 Å². The van der Waals surface area contributed by atoms with Gasteiger partial charge in [0.25, 0.3) is 0 Å². The van der Waals surface area contributed by atoms with Crippen molar-refractivity contribution in [2.24, 2.45) is 5.16 Å². The van der Waals surface area contributed by atoms with Crippen LogP contribution in [0, 0.1) is 0 Å². The monoisotopic (exact) mass is 584 g/mol. The zero-order valence-corrected chi connectivity index (χ0v) is 24.4. The standard InChI is InChI=1S/C40H28N2O3/c1-26-10-9-23-42-45-37-17-8-13-29(40(26)37)27-18-20-32-33-21-19-28(34-14-6-7-22-41-34)25-39(33)44-36-16-5-3-12-31(36)30-11-2-4-15-35(30)43-38(32)24-27/h2-21,23-25,41H,1,22H2/b10-9-,42-23-. The van der Waals surface area contributed by atoms with Crippen molar-refractivity contribution < 1.29 is 14.3 Å². The highest BCUT2D eigenvalue weighted by atomic mass is 16.6. The predicted octanol–water partition coefficient (Wildman–Crippen LogP) is 10.0. The van der Waals surface area contributed by atoms with Gasteiger partial charge in [-0.1, -0.05) is 90.6 Å². The first kappa shape index (κ1) is 26.5. The van der Waals surface area contributed by atoms with Crippen molar-refractivity contribution in [3.05, 3.63) is 151 Å². The maximum atomic E-state index is 6.88.